The maximum atomic E-state index is 6.24. The van der Waals surface area contributed by atoms with E-state index in [1.807, 2.05) is 6.07 Å². The molecule has 0 saturated carbocycles. The minimum atomic E-state index is 0.249. The van der Waals surface area contributed by atoms with Gasteiger partial charge < -0.3 is 10.1 Å². The summed E-state index contributed by atoms with van der Waals surface area (Å²) >= 11 is 12.2. The predicted octanol–water partition coefficient (Wildman–Crippen LogP) is 3.67. The lowest BCUT2D eigenvalue weighted by Crippen LogP contribution is -2.34. The molecule has 1 aromatic rings. The molecule has 2 unspecified atom stereocenters. The first-order valence-electron chi connectivity index (χ1n) is 5.48. The molecule has 2 nitrogen and oxygen atoms in total. The van der Waals surface area contributed by atoms with Crippen molar-refractivity contribution in [2.75, 3.05) is 13.2 Å². The molecule has 2 rings (SSSR count). The summed E-state index contributed by atoms with van der Waals surface area (Å²) in [7, 11) is 0. The second-order valence-corrected chi connectivity index (χ2v) is 4.97. The second kappa shape index (κ2) is 4.82. The Morgan fingerprint density at radius 1 is 1.44 bits per heavy atom. The summed E-state index contributed by atoms with van der Waals surface area (Å²) in [4.78, 5) is 0. The van der Waals surface area contributed by atoms with E-state index >= 15 is 0 Å². The Balaban J connectivity index is 2.45. The van der Waals surface area contributed by atoms with Gasteiger partial charge in [0.15, 0.2) is 0 Å². The average Bonchev–Trinajstić information content (AvgIpc) is 2.22. The van der Waals surface area contributed by atoms with Crippen LogP contribution in [0.5, 0.6) is 5.75 Å². The van der Waals surface area contributed by atoms with E-state index in [9.17, 15) is 0 Å². The van der Waals surface area contributed by atoms with Gasteiger partial charge in [-0.25, -0.2) is 0 Å². The molecule has 0 amide bonds. The van der Waals surface area contributed by atoms with Crippen LogP contribution in [-0.4, -0.2) is 13.2 Å². The Morgan fingerprint density at radius 3 is 2.88 bits per heavy atom. The van der Waals surface area contributed by atoms with Crippen LogP contribution in [0, 0.1) is 5.92 Å². The van der Waals surface area contributed by atoms with Crippen LogP contribution in [0.25, 0.3) is 0 Å². The highest BCUT2D eigenvalue weighted by Gasteiger charge is 2.29. The van der Waals surface area contributed by atoms with Crippen molar-refractivity contribution in [2.45, 2.75) is 19.9 Å². The number of halogens is 2. The van der Waals surface area contributed by atoms with E-state index < -0.39 is 0 Å². The van der Waals surface area contributed by atoms with E-state index in [4.69, 9.17) is 27.9 Å². The average molecular weight is 260 g/mol. The Kier molecular flexibility index (Phi) is 3.63. The fourth-order valence-corrected chi connectivity index (χ4v) is 2.70. The predicted molar refractivity (Wildman–Crippen MR) is 67.5 cm³/mol. The molecule has 1 aliphatic heterocycles. The monoisotopic (exact) mass is 259 g/mol. The molecular formula is C12H15Cl2NO. The summed E-state index contributed by atoms with van der Waals surface area (Å²) in [5.74, 6) is 1.22. The van der Waals surface area contributed by atoms with E-state index in [0.29, 0.717) is 22.6 Å². The van der Waals surface area contributed by atoms with Crippen molar-refractivity contribution in [2.24, 2.45) is 5.92 Å². The standard InChI is InChI=1S/C12H15Cl2NO/c1-3-15-12-7(2)6-16-10-5-8(13)4-9(14)11(10)12/h4-5,7,12,15H,3,6H2,1-2H3. The molecule has 0 spiro atoms. The summed E-state index contributed by atoms with van der Waals surface area (Å²) in [6.45, 7) is 5.85. The van der Waals surface area contributed by atoms with Crippen LogP contribution in [-0.2, 0) is 0 Å². The number of fused-ring (bicyclic) bond motifs is 1. The summed E-state index contributed by atoms with van der Waals surface area (Å²) in [5.41, 5.74) is 1.03. The molecule has 2 atom stereocenters. The summed E-state index contributed by atoms with van der Waals surface area (Å²) in [6, 6.07) is 3.85. The number of hydrogen-bond donors (Lipinski definition) is 1. The number of ether oxygens (including phenoxy) is 1. The zero-order valence-electron chi connectivity index (χ0n) is 9.39. The van der Waals surface area contributed by atoms with Gasteiger partial charge in [0.1, 0.15) is 5.75 Å². The second-order valence-electron chi connectivity index (χ2n) is 4.12. The Labute approximate surface area is 106 Å². The van der Waals surface area contributed by atoms with E-state index in [2.05, 4.69) is 19.2 Å². The topological polar surface area (TPSA) is 21.3 Å². The van der Waals surface area contributed by atoms with Crippen molar-refractivity contribution in [1.82, 2.24) is 5.32 Å². The lowest BCUT2D eigenvalue weighted by molar-refractivity contribution is 0.190. The molecule has 0 radical (unpaired) electrons. The lowest BCUT2D eigenvalue weighted by Gasteiger charge is -2.32. The van der Waals surface area contributed by atoms with E-state index in [0.717, 1.165) is 17.9 Å². The van der Waals surface area contributed by atoms with Gasteiger partial charge in [-0.05, 0) is 18.7 Å². The van der Waals surface area contributed by atoms with Crippen molar-refractivity contribution < 1.29 is 4.74 Å². The Morgan fingerprint density at radius 2 is 2.19 bits per heavy atom. The molecule has 88 valence electrons. The van der Waals surface area contributed by atoms with Crippen molar-refractivity contribution in [3.05, 3.63) is 27.7 Å². The largest absolute Gasteiger partial charge is 0.493 e. The Bertz CT molecular complexity index is 395. The van der Waals surface area contributed by atoms with Crippen LogP contribution in [0.4, 0.5) is 0 Å². The van der Waals surface area contributed by atoms with Gasteiger partial charge in [-0.3, -0.25) is 0 Å². The quantitative estimate of drug-likeness (QED) is 0.875. The molecule has 1 heterocycles. The van der Waals surface area contributed by atoms with Crippen LogP contribution in [0.15, 0.2) is 12.1 Å². The van der Waals surface area contributed by atoms with E-state index in [1.165, 1.54) is 0 Å². The fraction of sp³-hybridized carbons (Fsp3) is 0.500. The number of nitrogens with one attached hydrogen (secondary N) is 1. The third kappa shape index (κ3) is 2.15. The van der Waals surface area contributed by atoms with Crippen molar-refractivity contribution in [3.8, 4) is 5.75 Å². The SMILES string of the molecule is CCNC1c2c(Cl)cc(Cl)cc2OCC1C. The van der Waals surface area contributed by atoms with Gasteiger partial charge in [0.05, 0.1) is 11.6 Å². The number of benzene rings is 1. The molecular weight excluding hydrogens is 245 g/mol. The molecule has 0 aromatic heterocycles. The molecule has 4 heteroatoms. The zero-order valence-corrected chi connectivity index (χ0v) is 10.9. The number of rotatable bonds is 2. The fourth-order valence-electron chi connectivity index (χ4n) is 2.11. The molecule has 16 heavy (non-hydrogen) atoms. The molecule has 1 N–H and O–H groups in total. The lowest BCUT2D eigenvalue weighted by atomic mass is 9.92. The minimum Gasteiger partial charge on any atom is -0.493 e. The van der Waals surface area contributed by atoms with Gasteiger partial charge in [0.2, 0.25) is 0 Å². The summed E-state index contributed by atoms with van der Waals surface area (Å²) in [6.07, 6.45) is 0. The number of hydrogen-bond acceptors (Lipinski definition) is 2. The van der Waals surface area contributed by atoms with Crippen molar-refractivity contribution in [3.63, 3.8) is 0 Å². The first-order valence-corrected chi connectivity index (χ1v) is 6.24. The van der Waals surface area contributed by atoms with Crippen LogP contribution in [0.2, 0.25) is 10.0 Å². The van der Waals surface area contributed by atoms with Gasteiger partial charge in [-0.15, -0.1) is 0 Å². The summed E-state index contributed by atoms with van der Waals surface area (Å²) < 4.78 is 5.67. The van der Waals surface area contributed by atoms with E-state index in [-0.39, 0.29) is 6.04 Å². The maximum absolute atomic E-state index is 6.24. The summed E-state index contributed by atoms with van der Waals surface area (Å²) in [5, 5.41) is 4.74. The molecule has 1 aliphatic rings. The molecule has 1 aromatic carbocycles. The van der Waals surface area contributed by atoms with Gasteiger partial charge in [-0.2, -0.15) is 0 Å². The van der Waals surface area contributed by atoms with E-state index in [1.54, 1.807) is 6.07 Å². The zero-order chi connectivity index (χ0) is 11.7. The Hall–Kier alpha value is -0.440. The highest BCUT2D eigenvalue weighted by molar-refractivity contribution is 6.35. The van der Waals surface area contributed by atoms with Gasteiger partial charge in [0, 0.05) is 22.5 Å². The third-order valence-corrected chi connectivity index (χ3v) is 3.39. The third-order valence-electron chi connectivity index (χ3n) is 2.86. The first-order chi connectivity index (χ1) is 7.63. The minimum absolute atomic E-state index is 0.249. The van der Waals surface area contributed by atoms with Crippen molar-refractivity contribution >= 4 is 23.2 Å². The van der Waals surface area contributed by atoms with Gasteiger partial charge >= 0.3 is 0 Å². The molecule has 0 bridgehead atoms. The van der Waals surface area contributed by atoms with Crippen LogP contribution in [0.3, 0.4) is 0 Å². The molecule has 0 saturated heterocycles. The molecule has 0 aliphatic carbocycles. The van der Waals surface area contributed by atoms with Crippen LogP contribution < -0.4 is 10.1 Å². The highest BCUT2D eigenvalue weighted by atomic mass is 35.5. The van der Waals surface area contributed by atoms with Gasteiger partial charge in [0.25, 0.3) is 0 Å². The normalized spacial score (nSPS) is 23.8. The molecule has 0 fully saturated rings. The van der Waals surface area contributed by atoms with Crippen LogP contribution >= 0.6 is 23.2 Å². The van der Waals surface area contributed by atoms with Crippen LogP contribution in [0.1, 0.15) is 25.5 Å². The maximum Gasteiger partial charge on any atom is 0.127 e. The van der Waals surface area contributed by atoms with Gasteiger partial charge in [-0.1, -0.05) is 37.0 Å². The van der Waals surface area contributed by atoms with Crippen molar-refractivity contribution in [1.29, 1.82) is 0 Å². The first kappa shape index (κ1) is 12.0. The smallest absolute Gasteiger partial charge is 0.127 e. The highest BCUT2D eigenvalue weighted by Crippen LogP contribution is 2.41.